The molecular formula is C20H18FN5. The molecule has 0 spiro atoms. The standard InChI is InChI=1S/C20H18FN5/c21-17-7-5-14(6-8-17)18-12-24-25-19(18)16-4-2-10-26(13-16)20-15(11-22)3-1-9-23-20/h1,3,5-9,12,16H,2,4,10,13H2,(H,24,25). The predicted octanol–water partition coefficient (Wildman–Crippen LogP) is 3.87. The van der Waals surface area contributed by atoms with Crippen LogP contribution in [0.1, 0.15) is 30.0 Å². The number of nitrogens with zero attached hydrogens (tertiary/aromatic N) is 4. The normalized spacial score (nSPS) is 17.1. The third-order valence-corrected chi connectivity index (χ3v) is 4.86. The summed E-state index contributed by atoms with van der Waals surface area (Å²) in [5.41, 5.74) is 3.59. The van der Waals surface area contributed by atoms with E-state index >= 15 is 0 Å². The second-order valence-corrected chi connectivity index (χ2v) is 6.48. The van der Waals surface area contributed by atoms with E-state index in [9.17, 15) is 9.65 Å². The molecule has 0 bridgehead atoms. The third kappa shape index (κ3) is 3.04. The van der Waals surface area contributed by atoms with Gasteiger partial charge in [0.1, 0.15) is 17.7 Å². The van der Waals surface area contributed by atoms with Crippen molar-refractivity contribution < 1.29 is 4.39 Å². The van der Waals surface area contributed by atoms with Gasteiger partial charge in [-0.3, -0.25) is 5.10 Å². The van der Waals surface area contributed by atoms with Crippen LogP contribution in [0.25, 0.3) is 11.1 Å². The van der Waals surface area contributed by atoms with Gasteiger partial charge in [0, 0.05) is 36.5 Å². The molecule has 3 aromatic rings. The van der Waals surface area contributed by atoms with Gasteiger partial charge in [-0.25, -0.2) is 9.37 Å². The number of aromatic nitrogens is 3. The number of piperidine rings is 1. The van der Waals surface area contributed by atoms with Crippen molar-refractivity contribution in [1.82, 2.24) is 15.2 Å². The Bertz CT molecular complexity index is 941. The van der Waals surface area contributed by atoms with E-state index in [1.165, 1.54) is 12.1 Å². The first kappa shape index (κ1) is 16.3. The number of hydrogen-bond donors (Lipinski definition) is 1. The minimum atomic E-state index is -0.248. The monoisotopic (exact) mass is 347 g/mol. The molecule has 1 aliphatic heterocycles. The lowest BCUT2D eigenvalue weighted by molar-refractivity contribution is 0.498. The van der Waals surface area contributed by atoms with Crippen LogP contribution in [0.3, 0.4) is 0 Å². The number of rotatable bonds is 3. The molecule has 2 aromatic heterocycles. The fraction of sp³-hybridized carbons (Fsp3) is 0.250. The Labute approximate surface area is 151 Å². The average molecular weight is 347 g/mol. The summed E-state index contributed by atoms with van der Waals surface area (Å²) < 4.78 is 13.2. The van der Waals surface area contributed by atoms with E-state index in [0.29, 0.717) is 5.56 Å². The maximum absolute atomic E-state index is 13.2. The van der Waals surface area contributed by atoms with Gasteiger partial charge in [0.05, 0.1) is 11.8 Å². The molecule has 5 nitrogen and oxygen atoms in total. The van der Waals surface area contributed by atoms with Crippen LogP contribution in [0.4, 0.5) is 10.2 Å². The molecule has 0 radical (unpaired) electrons. The molecule has 130 valence electrons. The van der Waals surface area contributed by atoms with Crippen LogP contribution in [-0.2, 0) is 0 Å². The topological polar surface area (TPSA) is 68.6 Å². The van der Waals surface area contributed by atoms with E-state index in [2.05, 4.69) is 26.2 Å². The van der Waals surface area contributed by atoms with Crippen molar-refractivity contribution in [3.05, 3.63) is 65.9 Å². The fourth-order valence-electron chi connectivity index (χ4n) is 3.61. The lowest BCUT2D eigenvalue weighted by atomic mass is 9.90. The van der Waals surface area contributed by atoms with Crippen LogP contribution in [0, 0.1) is 17.1 Å². The Balaban J connectivity index is 1.63. The van der Waals surface area contributed by atoms with Crippen LogP contribution < -0.4 is 4.90 Å². The van der Waals surface area contributed by atoms with Gasteiger partial charge in [0.25, 0.3) is 0 Å². The van der Waals surface area contributed by atoms with Gasteiger partial charge in [0.2, 0.25) is 0 Å². The summed E-state index contributed by atoms with van der Waals surface area (Å²) in [5.74, 6) is 0.740. The highest BCUT2D eigenvalue weighted by molar-refractivity contribution is 5.66. The number of nitriles is 1. The number of benzene rings is 1. The number of H-pyrrole nitrogens is 1. The molecular weight excluding hydrogens is 329 g/mol. The summed E-state index contributed by atoms with van der Waals surface area (Å²) in [4.78, 5) is 6.58. The van der Waals surface area contributed by atoms with E-state index in [1.807, 2.05) is 0 Å². The Hall–Kier alpha value is -3.20. The van der Waals surface area contributed by atoms with Gasteiger partial charge >= 0.3 is 0 Å². The first-order valence-electron chi connectivity index (χ1n) is 8.65. The first-order valence-corrected chi connectivity index (χ1v) is 8.65. The van der Waals surface area contributed by atoms with Crippen molar-refractivity contribution in [3.8, 4) is 17.2 Å². The van der Waals surface area contributed by atoms with E-state index in [4.69, 9.17) is 0 Å². The van der Waals surface area contributed by atoms with E-state index in [-0.39, 0.29) is 11.7 Å². The summed E-state index contributed by atoms with van der Waals surface area (Å²) in [6, 6.07) is 12.3. The quantitative estimate of drug-likeness (QED) is 0.781. The molecule has 4 rings (SSSR count). The molecule has 26 heavy (non-hydrogen) atoms. The van der Waals surface area contributed by atoms with Crippen LogP contribution in [0.5, 0.6) is 0 Å². The smallest absolute Gasteiger partial charge is 0.146 e. The Morgan fingerprint density at radius 1 is 1.23 bits per heavy atom. The molecule has 1 N–H and O–H groups in total. The van der Waals surface area contributed by atoms with Gasteiger partial charge in [0.15, 0.2) is 0 Å². The summed E-state index contributed by atoms with van der Waals surface area (Å²) in [7, 11) is 0. The highest BCUT2D eigenvalue weighted by Crippen LogP contribution is 2.34. The molecule has 1 aliphatic rings. The second-order valence-electron chi connectivity index (χ2n) is 6.48. The van der Waals surface area contributed by atoms with Gasteiger partial charge in [-0.15, -0.1) is 0 Å². The summed E-state index contributed by atoms with van der Waals surface area (Å²) in [6.07, 6.45) is 5.55. The summed E-state index contributed by atoms with van der Waals surface area (Å²) in [5, 5.41) is 16.7. The summed E-state index contributed by atoms with van der Waals surface area (Å²) >= 11 is 0. The van der Waals surface area contributed by atoms with Crippen LogP contribution in [0.15, 0.2) is 48.8 Å². The van der Waals surface area contributed by atoms with Crippen molar-refractivity contribution in [3.63, 3.8) is 0 Å². The number of pyridine rings is 1. The molecule has 3 heterocycles. The van der Waals surface area contributed by atoms with Gasteiger partial charge in [-0.2, -0.15) is 10.4 Å². The zero-order valence-corrected chi connectivity index (χ0v) is 14.2. The van der Waals surface area contributed by atoms with Crippen molar-refractivity contribution >= 4 is 5.82 Å². The van der Waals surface area contributed by atoms with E-state index < -0.39 is 0 Å². The first-order chi connectivity index (χ1) is 12.8. The number of anilines is 1. The number of aromatic amines is 1. The molecule has 1 aromatic carbocycles. The zero-order chi connectivity index (χ0) is 17.9. The lowest BCUT2D eigenvalue weighted by Gasteiger charge is -2.34. The molecule has 0 aliphatic carbocycles. The van der Waals surface area contributed by atoms with Crippen LogP contribution in [-0.4, -0.2) is 28.3 Å². The molecule has 1 atom stereocenters. The lowest BCUT2D eigenvalue weighted by Crippen LogP contribution is -2.35. The van der Waals surface area contributed by atoms with Crippen LogP contribution >= 0.6 is 0 Å². The Kier molecular flexibility index (Phi) is 4.36. The number of halogens is 1. The highest BCUT2D eigenvalue weighted by atomic mass is 19.1. The van der Waals surface area contributed by atoms with Gasteiger partial charge < -0.3 is 4.90 Å². The average Bonchev–Trinajstić information content (AvgIpc) is 3.18. The molecule has 1 saturated heterocycles. The molecule has 0 amide bonds. The van der Waals surface area contributed by atoms with Gasteiger partial charge in [-0.05, 0) is 42.7 Å². The molecule has 1 fully saturated rings. The third-order valence-electron chi connectivity index (χ3n) is 4.86. The number of nitrogens with one attached hydrogen (secondary N) is 1. The maximum Gasteiger partial charge on any atom is 0.146 e. The van der Waals surface area contributed by atoms with Gasteiger partial charge in [-0.1, -0.05) is 12.1 Å². The predicted molar refractivity (Wildman–Crippen MR) is 97.1 cm³/mol. The highest BCUT2D eigenvalue weighted by Gasteiger charge is 2.27. The molecule has 0 saturated carbocycles. The van der Waals surface area contributed by atoms with Crippen molar-refractivity contribution in [2.75, 3.05) is 18.0 Å². The fourth-order valence-corrected chi connectivity index (χ4v) is 3.61. The van der Waals surface area contributed by atoms with Crippen molar-refractivity contribution in [2.24, 2.45) is 0 Å². The minimum Gasteiger partial charge on any atom is -0.355 e. The van der Waals surface area contributed by atoms with Crippen molar-refractivity contribution in [2.45, 2.75) is 18.8 Å². The van der Waals surface area contributed by atoms with E-state index in [1.54, 1.807) is 36.7 Å². The second kappa shape index (κ2) is 6.96. The molecule has 1 unspecified atom stereocenters. The summed E-state index contributed by atoms with van der Waals surface area (Å²) in [6.45, 7) is 1.64. The molecule has 6 heteroatoms. The number of hydrogen-bond acceptors (Lipinski definition) is 4. The van der Waals surface area contributed by atoms with E-state index in [0.717, 1.165) is 48.6 Å². The zero-order valence-electron chi connectivity index (χ0n) is 14.2. The Morgan fingerprint density at radius 2 is 2.08 bits per heavy atom. The van der Waals surface area contributed by atoms with Crippen LogP contribution in [0.2, 0.25) is 0 Å². The SMILES string of the molecule is N#Cc1cccnc1N1CCCC(c2[nH]ncc2-c2ccc(F)cc2)C1. The Morgan fingerprint density at radius 3 is 2.88 bits per heavy atom. The maximum atomic E-state index is 13.2. The minimum absolute atomic E-state index is 0.248. The largest absolute Gasteiger partial charge is 0.355 e. The van der Waals surface area contributed by atoms with Crippen molar-refractivity contribution in [1.29, 1.82) is 5.26 Å².